The van der Waals surface area contributed by atoms with Crippen molar-refractivity contribution in [3.8, 4) is 0 Å². The molecule has 0 saturated heterocycles. The number of hydrogen-bond donors (Lipinski definition) is 2. The van der Waals surface area contributed by atoms with Crippen LogP contribution in [-0.2, 0) is 22.4 Å². The van der Waals surface area contributed by atoms with E-state index in [1.54, 1.807) is 0 Å². The Morgan fingerprint density at radius 1 is 1.00 bits per heavy atom. The molecule has 2 aromatic carbocycles. The predicted octanol–water partition coefficient (Wildman–Crippen LogP) is 3.18. The summed E-state index contributed by atoms with van der Waals surface area (Å²) in [6, 6.07) is 17.9. The Morgan fingerprint density at radius 2 is 1.73 bits per heavy atom. The summed E-state index contributed by atoms with van der Waals surface area (Å²) in [6.07, 6.45) is 3.57. The third kappa shape index (κ3) is 4.72. The smallest absolute Gasteiger partial charge is 0.239 e. The highest BCUT2D eigenvalue weighted by Crippen LogP contribution is 2.32. The van der Waals surface area contributed by atoms with Gasteiger partial charge >= 0.3 is 0 Å². The highest BCUT2D eigenvalue weighted by Gasteiger charge is 2.26. The molecule has 4 nitrogen and oxygen atoms in total. The minimum atomic E-state index is -0.139. The Hall–Kier alpha value is -2.62. The van der Waals surface area contributed by atoms with Crippen LogP contribution in [0.3, 0.4) is 0 Å². The molecule has 2 atom stereocenters. The van der Waals surface area contributed by atoms with E-state index in [9.17, 15) is 9.59 Å². The zero-order valence-corrected chi connectivity index (χ0v) is 15.2. The maximum Gasteiger partial charge on any atom is 0.239 e. The molecule has 4 heteroatoms. The van der Waals surface area contributed by atoms with E-state index in [-0.39, 0.29) is 30.8 Å². The molecule has 2 aromatic rings. The number of rotatable bonds is 5. The molecule has 0 saturated carbocycles. The van der Waals surface area contributed by atoms with Crippen molar-refractivity contribution < 1.29 is 9.59 Å². The first kappa shape index (κ1) is 18.2. The van der Waals surface area contributed by atoms with Gasteiger partial charge in [-0.05, 0) is 41.9 Å². The lowest BCUT2D eigenvalue weighted by molar-refractivity contribution is -0.126. The second kappa shape index (κ2) is 8.65. The largest absolute Gasteiger partial charge is 0.347 e. The monoisotopic (exact) mass is 350 g/mol. The fourth-order valence-corrected chi connectivity index (χ4v) is 3.62. The lowest BCUT2D eigenvalue weighted by Crippen LogP contribution is -2.40. The van der Waals surface area contributed by atoms with Crippen molar-refractivity contribution in [1.29, 1.82) is 0 Å². The van der Waals surface area contributed by atoms with Crippen molar-refractivity contribution in [2.24, 2.45) is 5.92 Å². The zero-order valence-electron chi connectivity index (χ0n) is 15.2. The number of carbonyl (C=O) groups is 2. The zero-order chi connectivity index (χ0) is 18.4. The van der Waals surface area contributed by atoms with Crippen molar-refractivity contribution in [2.75, 3.05) is 6.54 Å². The Bertz CT molecular complexity index is 758. The fourth-order valence-electron chi connectivity index (χ4n) is 3.62. The minimum absolute atomic E-state index is 0.00669. The Balaban J connectivity index is 1.56. The molecule has 26 heavy (non-hydrogen) atoms. The first-order valence-corrected chi connectivity index (χ1v) is 9.31. The fraction of sp³-hybridized carbons (Fsp3) is 0.364. The van der Waals surface area contributed by atoms with Crippen molar-refractivity contribution in [3.63, 3.8) is 0 Å². The number of hydrogen-bond acceptors (Lipinski definition) is 2. The van der Waals surface area contributed by atoms with Crippen molar-refractivity contribution in [3.05, 3.63) is 71.3 Å². The molecule has 1 aliphatic carbocycles. The molecule has 0 aromatic heterocycles. The second-order valence-corrected chi connectivity index (χ2v) is 7.05. The van der Waals surface area contributed by atoms with Crippen molar-refractivity contribution in [2.45, 2.75) is 38.6 Å². The number of amides is 2. The molecule has 0 spiro atoms. The van der Waals surface area contributed by atoms with Gasteiger partial charge < -0.3 is 10.6 Å². The van der Waals surface area contributed by atoms with Gasteiger partial charge in [0.1, 0.15) is 0 Å². The first-order chi connectivity index (χ1) is 12.6. The summed E-state index contributed by atoms with van der Waals surface area (Å²) in [6.45, 7) is 2.19. The minimum Gasteiger partial charge on any atom is -0.347 e. The lowest BCUT2D eigenvalue weighted by Gasteiger charge is -2.25. The molecule has 2 amide bonds. The standard InChI is InChI=1S/C22H26N2O2/c1-16-8-7-12-18-11-5-6-13-19(18)22(16)24-21(26)15-23-20(25)14-17-9-3-2-4-10-17/h2-6,9-11,13,16,22H,7-8,12,14-15H2,1H3,(H,23,25)(H,24,26)/t16-,22+/m0/s1. The highest BCUT2D eigenvalue weighted by molar-refractivity contribution is 5.85. The Kier molecular flexibility index (Phi) is 6.05. The SMILES string of the molecule is C[C@H]1CCCc2ccccc2[C@@H]1NC(=O)CNC(=O)Cc1ccccc1. The lowest BCUT2D eigenvalue weighted by atomic mass is 9.92. The van der Waals surface area contributed by atoms with Gasteiger partial charge in [0, 0.05) is 0 Å². The van der Waals surface area contributed by atoms with Crippen LogP contribution in [0.25, 0.3) is 0 Å². The normalized spacial score (nSPS) is 19.1. The van der Waals surface area contributed by atoms with E-state index in [1.165, 1.54) is 11.1 Å². The number of nitrogens with one attached hydrogen (secondary N) is 2. The number of fused-ring (bicyclic) bond motifs is 1. The number of aryl methyl sites for hydroxylation is 1. The van der Waals surface area contributed by atoms with E-state index >= 15 is 0 Å². The Labute approximate surface area is 155 Å². The topological polar surface area (TPSA) is 58.2 Å². The molecule has 0 aliphatic heterocycles. The summed E-state index contributed by atoms with van der Waals surface area (Å²) in [5.74, 6) is 0.100. The molecule has 1 aliphatic rings. The first-order valence-electron chi connectivity index (χ1n) is 9.31. The molecule has 0 bridgehead atoms. The van der Waals surface area contributed by atoms with Gasteiger partial charge in [0.15, 0.2) is 0 Å². The predicted molar refractivity (Wildman–Crippen MR) is 103 cm³/mol. The summed E-state index contributed by atoms with van der Waals surface area (Å²) < 4.78 is 0. The van der Waals surface area contributed by atoms with E-state index in [2.05, 4.69) is 35.8 Å². The van der Waals surface area contributed by atoms with Crippen molar-refractivity contribution in [1.82, 2.24) is 10.6 Å². The van der Waals surface area contributed by atoms with Crippen LogP contribution in [-0.4, -0.2) is 18.4 Å². The van der Waals surface area contributed by atoms with Crippen LogP contribution in [0.4, 0.5) is 0 Å². The highest BCUT2D eigenvalue weighted by atomic mass is 16.2. The van der Waals surface area contributed by atoms with Crippen molar-refractivity contribution >= 4 is 11.8 Å². The molecule has 0 radical (unpaired) electrons. The molecule has 0 unspecified atom stereocenters. The summed E-state index contributed by atoms with van der Waals surface area (Å²) in [5, 5.41) is 5.85. The third-order valence-electron chi connectivity index (χ3n) is 5.03. The summed E-state index contributed by atoms with van der Waals surface area (Å²) in [7, 11) is 0. The van der Waals surface area contributed by atoms with Crippen LogP contribution in [0.1, 0.15) is 42.5 Å². The van der Waals surface area contributed by atoms with Crippen LogP contribution < -0.4 is 10.6 Å². The van der Waals surface area contributed by atoms with E-state index in [0.29, 0.717) is 5.92 Å². The Morgan fingerprint density at radius 3 is 2.54 bits per heavy atom. The van der Waals surface area contributed by atoms with E-state index in [4.69, 9.17) is 0 Å². The summed E-state index contributed by atoms with van der Waals surface area (Å²) in [5.41, 5.74) is 3.47. The molecule has 0 heterocycles. The molecule has 2 N–H and O–H groups in total. The van der Waals surface area contributed by atoms with E-state index in [0.717, 1.165) is 24.8 Å². The van der Waals surface area contributed by atoms with Crippen LogP contribution in [0.2, 0.25) is 0 Å². The van der Waals surface area contributed by atoms with Crippen LogP contribution in [0.15, 0.2) is 54.6 Å². The van der Waals surface area contributed by atoms with Gasteiger partial charge in [0.2, 0.25) is 11.8 Å². The van der Waals surface area contributed by atoms with Crippen LogP contribution in [0, 0.1) is 5.92 Å². The van der Waals surface area contributed by atoms with Crippen LogP contribution in [0.5, 0.6) is 0 Å². The van der Waals surface area contributed by atoms with Crippen LogP contribution >= 0.6 is 0 Å². The molecule has 136 valence electrons. The average Bonchev–Trinajstić information content (AvgIpc) is 2.80. The number of benzene rings is 2. The van der Waals surface area contributed by atoms with Gasteiger partial charge in [0.05, 0.1) is 19.0 Å². The molecule has 3 rings (SSSR count). The quantitative estimate of drug-likeness (QED) is 0.814. The van der Waals surface area contributed by atoms with Gasteiger partial charge in [-0.2, -0.15) is 0 Å². The molecular formula is C22H26N2O2. The van der Waals surface area contributed by atoms with E-state index < -0.39 is 0 Å². The third-order valence-corrected chi connectivity index (χ3v) is 5.03. The molecular weight excluding hydrogens is 324 g/mol. The van der Waals surface area contributed by atoms with E-state index in [1.807, 2.05) is 36.4 Å². The maximum atomic E-state index is 12.4. The second-order valence-electron chi connectivity index (χ2n) is 7.05. The number of carbonyl (C=O) groups excluding carboxylic acids is 2. The van der Waals surface area contributed by atoms with Gasteiger partial charge in [-0.1, -0.05) is 61.5 Å². The summed E-state index contributed by atoms with van der Waals surface area (Å²) in [4.78, 5) is 24.4. The van der Waals surface area contributed by atoms with Gasteiger partial charge in [-0.25, -0.2) is 0 Å². The molecule has 0 fully saturated rings. The summed E-state index contributed by atoms with van der Waals surface area (Å²) >= 11 is 0. The van der Waals surface area contributed by atoms with Gasteiger partial charge in [0.25, 0.3) is 0 Å². The van der Waals surface area contributed by atoms with Gasteiger partial charge in [-0.3, -0.25) is 9.59 Å². The maximum absolute atomic E-state index is 12.4. The average molecular weight is 350 g/mol. The van der Waals surface area contributed by atoms with Gasteiger partial charge in [-0.15, -0.1) is 0 Å².